The molecular formula is C15H19NO4. The van der Waals surface area contributed by atoms with Gasteiger partial charge in [-0.3, -0.25) is 0 Å². The Morgan fingerprint density at radius 1 is 1.25 bits per heavy atom. The molecule has 0 aliphatic carbocycles. The molecule has 0 atom stereocenters. The van der Waals surface area contributed by atoms with Crippen molar-refractivity contribution in [1.82, 2.24) is 4.57 Å². The summed E-state index contributed by atoms with van der Waals surface area (Å²) in [6.07, 6.45) is 2.54. The Balaban J connectivity index is 2.01. The molecule has 20 heavy (non-hydrogen) atoms. The minimum absolute atomic E-state index is 0.333. The van der Waals surface area contributed by atoms with Gasteiger partial charge in [0.25, 0.3) is 0 Å². The summed E-state index contributed by atoms with van der Waals surface area (Å²) < 4.78 is 12.4. The summed E-state index contributed by atoms with van der Waals surface area (Å²) >= 11 is 0. The van der Waals surface area contributed by atoms with Crippen LogP contribution in [-0.2, 0) is 16.0 Å². The Bertz CT molecular complexity index is 576. The van der Waals surface area contributed by atoms with Crippen LogP contribution in [0.5, 0.6) is 0 Å². The summed E-state index contributed by atoms with van der Waals surface area (Å²) in [6.45, 7) is 2.54. The molecule has 0 aliphatic rings. The minimum atomic E-state index is -0.902. The Kier molecular flexibility index (Phi) is 5.15. The molecule has 5 heteroatoms. The first-order chi connectivity index (χ1) is 9.74. The quantitative estimate of drug-likeness (QED) is 0.753. The van der Waals surface area contributed by atoms with Crippen molar-refractivity contribution in [3.63, 3.8) is 0 Å². The van der Waals surface area contributed by atoms with Gasteiger partial charge in [0.05, 0.1) is 12.2 Å². The predicted octanol–water partition coefficient (Wildman–Crippen LogP) is 2.39. The highest BCUT2D eigenvalue weighted by Crippen LogP contribution is 2.21. The lowest BCUT2D eigenvalue weighted by molar-refractivity contribution is 0.0698. The van der Waals surface area contributed by atoms with E-state index >= 15 is 0 Å². The molecule has 0 unspecified atom stereocenters. The van der Waals surface area contributed by atoms with Crippen molar-refractivity contribution in [2.45, 2.75) is 13.0 Å². The van der Waals surface area contributed by atoms with Crippen LogP contribution in [0, 0.1) is 0 Å². The van der Waals surface area contributed by atoms with E-state index in [0.717, 1.165) is 17.3 Å². The van der Waals surface area contributed by atoms with Gasteiger partial charge in [-0.25, -0.2) is 4.79 Å². The monoisotopic (exact) mass is 277 g/mol. The first kappa shape index (κ1) is 14.6. The number of carboxylic acids is 1. The number of ether oxygens (including phenoxy) is 2. The van der Waals surface area contributed by atoms with Crippen molar-refractivity contribution in [3.8, 4) is 0 Å². The molecule has 108 valence electrons. The highest BCUT2D eigenvalue weighted by Gasteiger charge is 2.13. The summed E-state index contributed by atoms with van der Waals surface area (Å²) in [7, 11) is 1.67. The third-order valence-electron chi connectivity index (χ3n) is 3.13. The highest BCUT2D eigenvalue weighted by molar-refractivity contribution is 6.03. The molecule has 0 fully saturated rings. The fourth-order valence-electron chi connectivity index (χ4n) is 2.17. The molecule has 0 saturated carbocycles. The maximum absolute atomic E-state index is 11.2. The standard InChI is InChI=1S/C15H19NO4/c1-19-8-4-9-20-10-7-16-11-13(15(17)18)12-5-2-3-6-14(12)16/h2-3,5-6,11H,4,7-10H2,1H3,(H,17,18). The number of fused-ring (bicyclic) bond motifs is 1. The SMILES string of the molecule is COCCCOCCn1cc(C(=O)O)c2ccccc21. The number of aromatic nitrogens is 1. The number of hydrogen-bond acceptors (Lipinski definition) is 3. The Labute approximate surface area is 117 Å². The maximum Gasteiger partial charge on any atom is 0.337 e. The molecule has 1 aromatic heterocycles. The third-order valence-corrected chi connectivity index (χ3v) is 3.13. The van der Waals surface area contributed by atoms with Crippen molar-refractivity contribution >= 4 is 16.9 Å². The van der Waals surface area contributed by atoms with E-state index < -0.39 is 5.97 Å². The van der Waals surface area contributed by atoms with Crippen LogP contribution in [0.3, 0.4) is 0 Å². The molecule has 0 bridgehead atoms. The Hall–Kier alpha value is -1.85. The number of methoxy groups -OCH3 is 1. The summed E-state index contributed by atoms with van der Waals surface area (Å²) in [5, 5.41) is 9.97. The smallest absolute Gasteiger partial charge is 0.337 e. The molecular weight excluding hydrogens is 258 g/mol. The van der Waals surface area contributed by atoms with Gasteiger partial charge in [0, 0.05) is 44.0 Å². The fourth-order valence-corrected chi connectivity index (χ4v) is 2.17. The molecule has 0 aliphatic heterocycles. The molecule has 1 N–H and O–H groups in total. The van der Waals surface area contributed by atoms with Crippen LogP contribution in [0.25, 0.3) is 10.9 Å². The van der Waals surface area contributed by atoms with E-state index in [-0.39, 0.29) is 0 Å². The minimum Gasteiger partial charge on any atom is -0.478 e. The zero-order valence-electron chi connectivity index (χ0n) is 11.5. The zero-order valence-corrected chi connectivity index (χ0v) is 11.5. The van der Waals surface area contributed by atoms with Crippen molar-refractivity contribution in [3.05, 3.63) is 36.0 Å². The van der Waals surface area contributed by atoms with Gasteiger partial charge in [-0.05, 0) is 12.5 Å². The lowest BCUT2D eigenvalue weighted by atomic mass is 10.2. The second-order valence-corrected chi connectivity index (χ2v) is 4.52. The number of nitrogens with zero attached hydrogens (tertiary/aromatic N) is 1. The van der Waals surface area contributed by atoms with Crippen LogP contribution in [0.1, 0.15) is 16.8 Å². The molecule has 2 rings (SSSR count). The number of para-hydroxylation sites is 1. The number of hydrogen-bond donors (Lipinski definition) is 1. The zero-order chi connectivity index (χ0) is 14.4. The highest BCUT2D eigenvalue weighted by atomic mass is 16.5. The molecule has 1 aromatic carbocycles. The molecule has 0 amide bonds. The first-order valence-electron chi connectivity index (χ1n) is 6.62. The Morgan fingerprint density at radius 3 is 2.80 bits per heavy atom. The van der Waals surface area contributed by atoms with Crippen molar-refractivity contribution in [2.75, 3.05) is 26.9 Å². The van der Waals surface area contributed by atoms with E-state index in [1.54, 1.807) is 13.3 Å². The van der Waals surface area contributed by atoms with Gasteiger partial charge in [-0.1, -0.05) is 18.2 Å². The van der Waals surface area contributed by atoms with Gasteiger partial charge in [-0.2, -0.15) is 0 Å². The van der Waals surface area contributed by atoms with E-state index in [9.17, 15) is 9.90 Å². The fraction of sp³-hybridized carbons (Fsp3) is 0.400. The topological polar surface area (TPSA) is 60.7 Å². The molecule has 0 radical (unpaired) electrons. The van der Waals surface area contributed by atoms with E-state index in [4.69, 9.17) is 9.47 Å². The second kappa shape index (κ2) is 7.07. The van der Waals surface area contributed by atoms with Gasteiger partial charge in [0.2, 0.25) is 0 Å². The van der Waals surface area contributed by atoms with E-state index in [2.05, 4.69) is 0 Å². The predicted molar refractivity (Wildman–Crippen MR) is 76.2 cm³/mol. The molecule has 0 saturated heterocycles. The van der Waals surface area contributed by atoms with Crippen LogP contribution in [0.2, 0.25) is 0 Å². The number of carbonyl (C=O) groups is 1. The maximum atomic E-state index is 11.2. The van der Waals surface area contributed by atoms with Crippen LogP contribution in [0.4, 0.5) is 0 Å². The molecule has 1 heterocycles. The number of aromatic carboxylic acids is 1. The molecule has 5 nitrogen and oxygen atoms in total. The van der Waals surface area contributed by atoms with Crippen molar-refractivity contribution in [2.24, 2.45) is 0 Å². The average Bonchev–Trinajstić information content (AvgIpc) is 2.82. The third kappa shape index (κ3) is 3.37. The first-order valence-corrected chi connectivity index (χ1v) is 6.62. The summed E-state index contributed by atoms with van der Waals surface area (Å²) in [5.41, 5.74) is 1.25. The summed E-state index contributed by atoms with van der Waals surface area (Å²) in [4.78, 5) is 11.2. The number of carboxylic acid groups (broad SMARTS) is 1. The second-order valence-electron chi connectivity index (χ2n) is 4.52. The van der Waals surface area contributed by atoms with E-state index in [1.807, 2.05) is 28.8 Å². The van der Waals surface area contributed by atoms with E-state index in [1.165, 1.54) is 0 Å². The molecule has 0 spiro atoms. The Morgan fingerprint density at radius 2 is 2.05 bits per heavy atom. The van der Waals surface area contributed by atoms with Gasteiger partial charge in [0.15, 0.2) is 0 Å². The number of benzene rings is 1. The van der Waals surface area contributed by atoms with Gasteiger partial charge >= 0.3 is 5.97 Å². The summed E-state index contributed by atoms with van der Waals surface area (Å²) in [5.74, 6) is -0.902. The summed E-state index contributed by atoms with van der Waals surface area (Å²) in [6, 6.07) is 7.51. The van der Waals surface area contributed by atoms with Crippen LogP contribution < -0.4 is 0 Å². The van der Waals surface area contributed by atoms with Crippen LogP contribution in [0.15, 0.2) is 30.5 Å². The average molecular weight is 277 g/mol. The van der Waals surface area contributed by atoms with E-state index in [0.29, 0.717) is 31.9 Å². The van der Waals surface area contributed by atoms with Gasteiger partial charge < -0.3 is 19.1 Å². The largest absolute Gasteiger partial charge is 0.478 e. The van der Waals surface area contributed by atoms with Crippen molar-refractivity contribution < 1.29 is 19.4 Å². The lowest BCUT2D eigenvalue weighted by Crippen LogP contribution is -2.07. The van der Waals surface area contributed by atoms with Gasteiger partial charge in [-0.15, -0.1) is 0 Å². The molecule has 2 aromatic rings. The lowest BCUT2D eigenvalue weighted by Gasteiger charge is -2.06. The van der Waals surface area contributed by atoms with Crippen molar-refractivity contribution in [1.29, 1.82) is 0 Å². The van der Waals surface area contributed by atoms with Crippen LogP contribution >= 0.6 is 0 Å². The van der Waals surface area contributed by atoms with Gasteiger partial charge in [0.1, 0.15) is 0 Å². The van der Waals surface area contributed by atoms with Crippen LogP contribution in [-0.4, -0.2) is 42.6 Å². The number of rotatable bonds is 8. The normalized spacial score (nSPS) is 11.1.